The van der Waals surface area contributed by atoms with Crippen LogP contribution in [-0.2, 0) is 33.6 Å². The Morgan fingerprint density at radius 1 is 1.03 bits per heavy atom. The molecule has 10 heteroatoms. The van der Waals surface area contributed by atoms with Crippen molar-refractivity contribution >= 4 is 15.7 Å². The van der Waals surface area contributed by atoms with E-state index in [1.165, 1.54) is 18.2 Å². The van der Waals surface area contributed by atoms with Gasteiger partial charge in [-0.1, -0.05) is 48.0 Å². The molecule has 0 radical (unpaired) electrons. The molecule has 6 nitrogen and oxygen atoms in total. The molecular formula is C27H25F3N2O4S. The van der Waals surface area contributed by atoms with Gasteiger partial charge in [0.05, 0.1) is 27.8 Å². The van der Waals surface area contributed by atoms with E-state index >= 15 is 0 Å². The maximum Gasteiger partial charge on any atom is 0.417 e. The number of rotatable bonds is 8. The lowest BCUT2D eigenvalue weighted by atomic mass is 9.93. The lowest BCUT2D eigenvalue weighted by Gasteiger charge is -2.25. The number of carbonyl (C=O) groups is 1. The van der Waals surface area contributed by atoms with Crippen LogP contribution in [0.15, 0.2) is 65.6 Å². The smallest absolute Gasteiger partial charge is 0.379 e. The van der Waals surface area contributed by atoms with Gasteiger partial charge in [0.15, 0.2) is 15.4 Å². The number of aryl methyl sites for hydroxylation is 2. The van der Waals surface area contributed by atoms with Crippen molar-refractivity contribution in [1.82, 2.24) is 0 Å². The number of sulfone groups is 1. The Morgan fingerprint density at radius 2 is 1.70 bits per heavy atom. The number of hydrogen-bond donors (Lipinski definition) is 2. The predicted molar refractivity (Wildman–Crippen MR) is 131 cm³/mol. The molecule has 3 rings (SSSR count). The number of aliphatic hydroxyl groups is 1. The molecule has 1 atom stereocenters. The standard InChI is InChI=1S/C27H25F3N2O4S/c1-17-7-8-18(2)22(11-17)13-20-5-3-4-6-24(20)37(35,36)16-26(34,25(32)33)14-19-9-10-21(15-31)23(12-19)27(28,29)30/h3-12,34H,13-14,16H2,1-2H3,(H2,32,33). The van der Waals surface area contributed by atoms with Gasteiger partial charge in [-0.15, -0.1) is 0 Å². The molecule has 3 aromatic rings. The van der Waals surface area contributed by atoms with Crippen LogP contribution in [-0.4, -0.2) is 30.8 Å². The van der Waals surface area contributed by atoms with E-state index in [1.54, 1.807) is 12.1 Å². The molecule has 1 amide bonds. The molecule has 0 aliphatic carbocycles. The summed E-state index contributed by atoms with van der Waals surface area (Å²) in [5, 5.41) is 20.0. The van der Waals surface area contributed by atoms with Gasteiger partial charge in [0, 0.05) is 6.42 Å². The quantitative estimate of drug-likeness (QED) is 0.456. The Bertz CT molecular complexity index is 1490. The zero-order valence-corrected chi connectivity index (χ0v) is 20.9. The SMILES string of the molecule is Cc1ccc(C)c(Cc2ccccc2S(=O)(=O)CC(O)(Cc2ccc(C#N)c(C(F)(F)F)c2)C(N)=O)c1. The Labute approximate surface area is 213 Å². The van der Waals surface area contributed by atoms with E-state index in [1.807, 2.05) is 32.0 Å². The van der Waals surface area contributed by atoms with Crippen LogP contribution >= 0.6 is 0 Å². The van der Waals surface area contributed by atoms with E-state index in [0.29, 0.717) is 11.6 Å². The Morgan fingerprint density at radius 3 is 2.32 bits per heavy atom. The number of halogens is 3. The highest BCUT2D eigenvalue weighted by Crippen LogP contribution is 2.33. The number of nitrogens with two attached hydrogens (primary N) is 1. The van der Waals surface area contributed by atoms with Crippen molar-refractivity contribution in [2.75, 3.05) is 5.75 Å². The van der Waals surface area contributed by atoms with Crippen molar-refractivity contribution in [2.45, 2.75) is 43.4 Å². The molecule has 3 N–H and O–H groups in total. The van der Waals surface area contributed by atoms with Gasteiger partial charge in [-0.05, 0) is 60.7 Å². The Balaban J connectivity index is 1.99. The molecule has 0 aliphatic rings. The number of carbonyl (C=O) groups excluding carboxylic acids is 1. The second-order valence-electron chi connectivity index (χ2n) is 9.04. The molecular weight excluding hydrogens is 505 g/mol. The maximum atomic E-state index is 13.4. The van der Waals surface area contributed by atoms with Gasteiger partial charge in [-0.2, -0.15) is 18.4 Å². The van der Waals surface area contributed by atoms with Gasteiger partial charge in [0.2, 0.25) is 0 Å². The number of nitrogens with zero attached hydrogens (tertiary/aromatic N) is 1. The Hall–Kier alpha value is -3.68. The number of amides is 1. The molecule has 0 aromatic heterocycles. The average molecular weight is 531 g/mol. The van der Waals surface area contributed by atoms with Crippen LogP contribution in [0.25, 0.3) is 0 Å². The predicted octanol–water partition coefficient (Wildman–Crippen LogP) is 4.02. The van der Waals surface area contributed by atoms with Crippen molar-refractivity contribution in [3.8, 4) is 6.07 Å². The van der Waals surface area contributed by atoms with Crippen LogP contribution in [0.5, 0.6) is 0 Å². The summed E-state index contributed by atoms with van der Waals surface area (Å²) in [6.45, 7) is 3.80. The monoisotopic (exact) mass is 530 g/mol. The van der Waals surface area contributed by atoms with Crippen molar-refractivity contribution in [1.29, 1.82) is 5.26 Å². The van der Waals surface area contributed by atoms with Crippen molar-refractivity contribution in [3.05, 3.63) is 99.6 Å². The summed E-state index contributed by atoms with van der Waals surface area (Å²) >= 11 is 0. The lowest BCUT2D eigenvalue weighted by molar-refractivity contribution is -0.137. The number of nitriles is 1. The summed E-state index contributed by atoms with van der Waals surface area (Å²) in [7, 11) is -4.33. The molecule has 0 heterocycles. The first-order chi connectivity index (χ1) is 17.2. The molecule has 0 saturated heterocycles. The van der Waals surface area contributed by atoms with Gasteiger partial charge in [-0.25, -0.2) is 8.42 Å². The van der Waals surface area contributed by atoms with E-state index in [9.17, 15) is 31.5 Å². The second-order valence-corrected chi connectivity index (χ2v) is 11.0. The molecule has 37 heavy (non-hydrogen) atoms. The van der Waals surface area contributed by atoms with Crippen molar-refractivity contribution < 1.29 is 31.5 Å². The van der Waals surface area contributed by atoms with Gasteiger partial charge >= 0.3 is 6.18 Å². The molecule has 0 bridgehead atoms. The molecule has 0 aliphatic heterocycles. The third-order valence-corrected chi connectivity index (χ3v) is 8.01. The fraction of sp³-hybridized carbons (Fsp3) is 0.259. The van der Waals surface area contributed by atoms with Crippen LogP contribution in [0.2, 0.25) is 0 Å². The number of benzene rings is 3. The largest absolute Gasteiger partial charge is 0.417 e. The fourth-order valence-corrected chi connectivity index (χ4v) is 5.98. The minimum Gasteiger partial charge on any atom is -0.379 e. The number of alkyl halides is 3. The van der Waals surface area contributed by atoms with Gasteiger partial charge in [-0.3, -0.25) is 4.79 Å². The van der Waals surface area contributed by atoms with Gasteiger partial charge in [0.25, 0.3) is 5.91 Å². The van der Waals surface area contributed by atoms with E-state index in [-0.39, 0.29) is 16.9 Å². The third-order valence-electron chi connectivity index (χ3n) is 6.09. The summed E-state index contributed by atoms with van der Waals surface area (Å²) in [5.41, 5.74) is 3.80. The van der Waals surface area contributed by atoms with Crippen molar-refractivity contribution in [3.63, 3.8) is 0 Å². The molecule has 194 valence electrons. The van der Waals surface area contributed by atoms with Crippen molar-refractivity contribution in [2.24, 2.45) is 5.73 Å². The minimum atomic E-state index is -4.87. The van der Waals surface area contributed by atoms with Crippen LogP contribution in [0.1, 0.15) is 38.9 Å². The first kappa shape index (κ1) is 27.9. The van der Waals surface area contributed by atoms with E-state index in [4.69, 9.17) is 11.0 Å². The van der Waals surface area contributed by atoms with Crippen LogP contribution in [0, 0.1) is 25.2 Å². The van der Waals surface area contributed by atoms with Gasteiger partial charge < -0.3 is 10.8 Å². The molecule has 3 aromatic carbocycles. The fourth-order valence-electron chi connectivity index (χ4n) is 4.12. The van der Waals surface area contributed by atoms with E-state index < -0.39 is 50.8 Å². The molecule has 0 spiro atoms. The van der Waals surface area contributed by atoms with E-state index in [0.717, 1.165) is 28.8 Å². The zero-order valence-electron chi connectivity index (χ0n) is 20.1. The normalized spacial score (nSPS) is 13.5. The first-order valence-electron chi connectivity index (χ1n) is 11.2. The van der Waals surface area contributed by atoms with Crippen LogP contribution in [0.4, 0.5) is 13.2 Å². The van der Waals surface area contributed by atoms with Crippen LogP contribution < -0.4 is 5.73 Å². The zero-order chi connectivity index (χ0) is 27.6. The summed E-state index contributed by atoms with van der Waals surface area (Å²) < 4.78 is 67.0. The first-order valence-corrected chi connectivity index (χ1v) is 12.8. The van der Waals surface area contributed by atoms with Crippen LogP contribution in [0.3, 0.4) is 0 Å². The number of primary amides is 1. The topological polar surface area (TPSA) is 121 Å². The molecule has 1 unspecified atom stereocenters. The Kier molecular flexibility index (Phi) is 7.81. The number of hydrogen-bond acceptors (Lipinski definition) is 5. The maximum absolute atomic E-state index is 13.4. The summed E-state index contributed by atoms with van der Waals surface area (Å²) in [4.78, 5) is 12.1. The van der Waals surface area contributed by atoms with Gasteiger partial charge in [0.1, 0.15) is 0 Å². The summed E-state index contributed by atoms with van der Waals surface area (Å²) in [5.74, 6) is -2.54. The highest BCUT2D eigenvalue weighted by Gasteiger charge is 2.41. The molecule has 0 fully saturated rings. The summed E-state index contributed by atoms with van der Waals surface area (Å²) in [6.07, 6.45) is -5.40. The highest BCUT2D eigenvalue weighted by molar-refractivity contribution is 7.91. The minimum absolute atomic E-state index is 0.119. The lowest BCUT2D eigenvalue weighted by Crippen LogP contribution is -2.51. The molecule has 0 saturated carbocycles. The average Bonchev–Trinajstić information content (AvgIpc) is 2.80. The third kappa shape index (κ3) is 6.37. The second kappa shape index (κ2) is 10.4. The summed E-state index contributed by atoms with van der Waals surface area (Å²) in [6, 6.07) is 16.0. The van der Waals surface area contributed by atoms with E-state index in [2.05, 4.69) is 0 Å². The highest BCUT2D eigenvalue weighted by atomic mass is 32.2.